The number of hydrogen-bond donors (Lipinski definition) is 3. The van der Waals surface area contributed by atoms with E-state index in [0.29, 0.717) is 42.3 Å². The van der Waals surface area contributed by atoms with Crippen LogP contribution in [0.2, 0.25) is 0 Å². The monoisotopic (exact) mass is 459 g/mol. The van der Waals surface area contributed by atoms with Gasteiger partial charge in [-0.3, -0.25) is 4.79 Å². The van der Waals surface area contributed by atoms with E-state index in [1.807, 2.05) is 19.1 Å². The van der Waals surface area contributed by atoms with Gasteiger partial charge < -0.3 is 30.0 Å². The van der Waals surface area contributed by atoms with Crippen molar-refractivity contribution >= 4 is 0 Å². The summed E-state index contributed by atoms with van der Waals surface area (Å²) in [6.45, 7) is 4.55. The van der Waals surface area contributed by atoms with Gasteiger partial charge in [0, 0.05) is 18.3 Å². The second kappa shape index (κ2) is 9.24. The molecular formula is C26H25N3O5. The molecule has 4 rings (SSSR count). The molecule has 1 aliphatic heterocycles. The van der Waals surface area contributed by atoms with Crippen molar-refractivity contribution in [2.45, 2.75) is 32.7 Å². The molecule has 4 N–H and O–H groups in total. The van der Waals surface area contributed by atoms with Crippen LogP contribution in [0.15, 0.2) is 64.8 Å². The second-order valence-corrected chi connectivity index (χ2v) is 8.02. The Morgan fingerprint density at radius 1 is 1.15 bits per heavy atom. The van der Waals surface area contributed by atoms with Crippen molar-refractivity contribution in [3.05, 3.63) is 92.7 Å². The zero-order chi connectivity index (χ0) is 24.4. The largest absolute Gasteiger partial charge is 0.504 e. The van der Waals surface area contributed by atoms with Crippen LogP contribution in [0, 0.1) is 18.3 Å². The number of ether oxygens (including phenoxy) is 2. The van der Waals surface area contributed by atoms with Gasteiger partial charge in [-0.1, -0.05) is 18.2 Å². The molecule has 2 heterocycles. The number of rotatable bonds is 6. The maximum Gasteiger partial charge on any atom is 0.258 e. The van der Waals surface area contributed by atoms with E-state index in [2.05, 4.69) is 6.07 Å². The molecule has 8 nitrogen and oxygen atoms in total. The molecule has 0 saturated heterocycles. The Labute approximate surface area is 196 Å². The Morgan fingerprint density at radius 2 is 1.88 bits per heavy atom. The van der Waals surface area contributed by atoms with E-state index >= 15 is 0 Å². The molecule has 174 valence electrons. The summed E-state index contributed by atoms with van der Waals surface area (Å²) in [5.74, 6) is -0.0970. The van der Waals surface area contributed by atoms with Crippen LogP contribution >= 0.6 is 0 Å². The maximum atomic E-state index is 13.7. The van der Waals surface area contributed by atoms with E-state index in [9.17, 15) is 20.3 Å². The van der Waals surface area contributed by atoms with Crippen molar-refractivity contribution in [3.63, 3.8) is 0 Å². The van der Waals surface area contributed by atoms with E-state index in [-0.39, 0.29) is 28.5 Å². The highest BCUT2D eigenvalue weighted by Gasteiger charge is 2.34. The number of phenols is 2. The first-order chi connectivity index (χ1) is 16.3. The molecule has 34 heavy (non-hydrogen) atoms. The predicted octanol–water partition coefficient (Wildman–Crippen LogP) is 3.43. The van der Waals surface area contributed by atoms with Crippen LogP contribution in [0.1, 0.15) is 35.2 Å². The Balaban J connectivity index is 1.77. The summed E-state index contributed by atoms with van der Waals surface area (Å²) in [4.78, 5) is 13.7. The number of hydrogen-bond acceptors (Lipinski definition) is 7. The molecule has 2 aromatic carbocycles. The zero-order valence-electron chi connectivity index (χ0n) is 18.9. The molecule has 1 aromatic heterocycles. The normalized spacial score (nSPS) is 14.8. The number of phenolic OH excluding ortho intramolecular Hbond substituents is 2. The first-order valence-corrected chi connectivity index (χ1v) is 10.9. The average Bonchev–Trinajstić information content (AvgIpc) is 2.81. The van der Waals surface area contributed by atoms with Crippen LogP contribution < -0.4 is 20.8 Å². The van der Waals surface area contributed by atoms with Crippen molar-refractivity contribution in [3.8, 4) is 29.1 Å². The Bertz CT molecular complexity index is 1370. The molecule has 0 radical (unpaired) electrons. The summed E-state index contributed by atoms with van der Waals surface area (Å²) in [6, 6.07) is 15.7. The predicted molar refractivity (Wildman–Crippen MR) is 126 cm³/mol. The molecule has 0 bridgehead atoms. The number of fused-ring (bicyclic) bond motifs is 1. The van der Waals surface area contributed by atoms with Crippen LogP contribution in [-0.4, -0.2) is 21.4 Å². The first-order valence-electron chi connectivity index (χ1n) is 10.9. The summed E-state index contributed by atoms with van der Waals surface area (Å²) in [6.07, 6.45) is 0.449. The van der Waals surface area contributed by atoms with Crippen molar-refractivity contribution < 1.29 is 19.7 Å². The quantitative estimate of drug-likeness (QED) is 0.481. The van der Waals surface area contributed by atoms with Gasteiger partial charge >= 0.3 is 0 Å². The van der Waals surface area contributed by atoms with Crippen LogP contribution in [0.5, 0.6) is 23.0 Å². The van der Waals surface area contributed by atoms with E-state index in [4.69, 9.17) is 15.2 Å². The number of aromatic hydroxyl groups is 2. The van der Waals surface area contributed by atoms with Gasteiger partial charge in [0.25, 0.3) is 5.56 Å². The minimum absolute atomic E-state index is 0.0231. The minimum Gasteiger partial charge on any atom is -0.504 e. The van der Waals surface area contributed by atoms with Gasteiger partial charge in [0.2, 0.25) is 5.88 Å². The third-order valence-electron chi connectivity index (χ3n) is 5.88. The van der Waals surface area contributed by atoms with Gasteiger partial charge in [0.05, 0.1) is 18.1 Å². The van der Waals surface area contributed by atoms with Crippen LogP contribution in [0.4, 0.5) is 0 Å². The number of allylic oxidation sites excluding steroid dienone is 1. The number of nitrogens with zero attached hydrogens (tertiary/aromatic N) is 2. The molecule has 0 fully saturated rings. The fraction of sp³-hybridized carbons (Fsp3) is 0.231. The Hall–Kier alpha value is -4.38. The maximum absolute atomic E-state index is 13.7. The summed E-state index contributed by atoms with van der Waals surface area (Å²) >= 11 is 0. The molecule has 8 heteroatoms. The number of benzene rings is 2. The van der Waals surface area contributed by atoms with Gasteiger partial charge in [-0.05, 0) is 55.7 Å². The van der Waals surface area contributed by atoms with Gasteiger partial charge in [-0.25, -0.2) is 0 Å². The lowest BCUT2D eigenvalue weighted by molar-refractivity contribution is 0.340. The highest BCUT2D eigenvalue weighted by molar-refractivity contribution is 5.55. The van der Waals surface area contributed by atoms with Gasteiger partial charge in [0.15, 0.2) is 11.5 Å². The van der Waals surface area contributed by atoms with Crippen LogP contribution in [0.25, 0.3) is 0 Å². The summed E-state index contributed by atoms with van der Waals surface area (Å²) in [5, 5.41) is 29.1. The summed E-state index contributed by atoms with van der Waals surface area (Å²) < 4.78 is 12.8. The lowest BCUT2D eigenvalue weighted by atomic mass is 9.84. The fourth-order valence-electron chi connectivity index (χ4n) is 4.19. The summed E-state index contributed by atoms with van der Waals surface area (Å²) in [7, 11) is 0. The lowest BCUT2D eigenvalue weighted by Gasteiger charge is -2.27. The molecular weight excluding hydrogens is 434 g/mol. The molecule has 3 aromatic rings. The van der Waals surface area contributed by atoms with Crippen molar-refractivity contribution in [2.75, 3.05) is 6.61 Å². The summed E-state index contributed by atoms with van der Waals surface area (Å²) in [5.41, 5.74) is 8.46. The number of aryl methyl sites for hydroxylation is 2. The topological polar surface area (TPSA) is 131 Å². The molecule has 1 atom stereocenters. The molecule has 0 amide bonds. The zero-order valence-corrected chi connectivity index (χ0v) is 18.9. The third kappa shape index (κ3) is 4.16. The minimum atomic E-state index is -0.679. The smallest absolute Gasteiger partial charge is 0.258 e. The lowest BCUT2D eigenvalue weighted by Crippen LogP contribution is -2.33. The Kier molecular flexibility index (Phi) is 6.19. The molecule has 0 spiro atoms. The SMILES string of the molecule is CCOc1ccc(C2C(C#N)=C(N)Oc3cc(C)n(CCc4ccc(O)c(O)c4)c(=O)c32)cc1. The third-order valence-corrected chi connectivity index (χ3v) is 5.88. The van der Waals surface area contributed by atoms with Gasteiger partial charge in [-0.2, -0.15) is 5.26 Å². The number of aromatic nitrogens is 1. The second-order valence-electron chi connectivity index (χ2n) is 8.02. The van der Waals surface area contributed by atoms with Crippen molar-refractivity contribution in [1.29, 1.82) is 5.26 Å². The molecule has 1 unspecified atom stereocenters. The van der Waals surface area contributed by atoms with E-state index in [1.54, 1.807) is 35.8 Å². The Morgan fingerprint density at radius 3 is 2.53 bits per heavy atom. The standard InChI is InChI=1S/C26H25N3O5/c1-3-33-18-7-5-17(6-8-18)23-19(14-27)25(28)34-22-12-15(2)29(26(32)24(22)23)11-10-16-4-9-20(30)21(31)13-16/h4-9,12-13,23,30-31H,3,10-11,28H2,1-2H3. The van der Waals surface area contributed by atoms with Crippen molar-refractivity contribution in [2.24, 2.45) is 5.73 Å². The van der Waals surface area contributed by atoms with Crippen LogP contribution in [0.3, 0.4) is 0 Å². The highest BCUT2D eigenvalue weighted by Crippen LogP contribution is 2.40. The van der Waals surface area contributed by atoms with E-state index in [0.717, 1.165) is 11.1 Å². The van der Waals surface area contributed by atoms with Gasteiger partial charge in [-0.15, -0.1) is 0 Å². The first kappa shape index (κ1) is 22.8. The van der Waals surface area contributed by atoms with Crippen LogP contribution in [-0.2, 0) is 13.0 Å². The number of pyridine rings is 1. The molecule has 1 aliphatic rings. The molecule has 0 saturated carbocycles. The number of nitriles is 1. The number of nitrogens with two attached hydrogens (primary N) is 1. The van der Waals surface area contributed by atoms with Gasteiger partial charge in [0.1, 0.15) is 23.1 Å². The van der Waals surface area contributed by atoms with Crippen molar-refractivity contribution in [1.82, 2.24) is 4.57 Å². The van der Waals surface area contributed by atoms with E-state index < -0.39 is 5.92 Å². The fourth-order valence-corrected chi connectivity index (χ4v) is 4.19. The molecule has 0 aliphatic carbocycles. The van der Waals surface area contributed by atoms with E-state index in [1.165, 1.54) is 12.1 Å². The average molecular weight is 460 g/mol. The highest BCUT2D eigenvalue weighted by atomic mass is 16.5.